The average molecular weight is 421 g/mol. The van der Waals surface area contributed by atoms with Crippen molar-refractivity contribution in [2.75, 3.05) is 11.9 Å². The van der Waals surface area contributed by atoms with Crippen molar-refractivity contribution in [2.24, 2.45) is 0 Å². The van der Waals surface area contributed by atoms with Gasteiger partial charge in [-0.25, -0.2) is 13.1 Å². The van der Waals surface area contributed by atoms with Crippen molar-refractivity contribution in [1.29, 1.82) is 0 Å². The zero-order valence-electron chi connectivity index (χ0n) is 17.0. The third-order valence-corrected chi connectivity index (χ3v) is 7.40. The molecule has 0 aromatic heterocycles. The highest BCUT2D eigenvalue weighted by Crippen LogP contribution is 2.32. The smallest absolute Gasteiger partial charge is 0.240 e. The SMILES string of the molecule is Cc1cc(C)c(N(C)C2CCCCC2NS(=O)(=O)c2ccc(Cl)cc2)c(C)c1. The Balaban J connectivity index is 1.87. The molecule has 0 radical (unpaired) electrons. The van der Waals surface area contributed by atoms with Crippen LogP contribution in [-0.2, 0) is 10.0 Å². The molecule has 0 bridgehead atoms. The Morgan fingerprint density at radius 1 is 1.00 bits per heavy atom. The Labute approximate surface area is 174 Å². The quantitative estimate of drug-likeness (QED) is 0.741. The maximum Gasteiger partial charge on any atom is 0.240 e. The molecule has 28 heavy (non-hydrogen) atoms. The van der Waals surface area contributed by atoms with Crippen LogP contribution in [0.25, 0.3) is 0 Å². The van der Waals surface area contributed by atoms with E-state index in [0.717, 1.165) is 25.7 Å². The van der Waals surface area contributed by atoms with E-state index in [4.69, 9.17) is 11.6 Å². The van der Waals surface area contributed by atoms with Gasteiger partial charge in [0.2, 0.25) is 10.0 Å². The van der Waals surface area contributed by atoms with E-state index >= 15 is 0 Å². The molecular weight excluding hydrogens is 392 g/mol. The highest BCUT2D eigenvalue weighted by atomic mass is 35.5. The number of hydrogen-bond acceptors (Lipinski definition) is 3. The molecule has 0 spiro atoms. The second kappa shape index (κ2) is 8.44. The lowest BCUT2D eigenvalue weighted by molar-refractivity contribution is 0.351. The summed E-state index contributed by atoms with van der Waals surface area (Å²) in [6.45, 7) is 6.36. The zero-order chi connectivity index (χ0) is 20.5. The zero-order valence-corrected chi connectivity index (χ0v) is 18.6. The highest BCUT2D eigenvalue weighted by molar-refractivity contribution is 7.89. The van der Waals surface area contributed by atoms with Crippen LogP contribution in [0.15, 0.2) is 41.3 Å². The molecule has 152 valence electrons. The van der Waals surface area contributed by atoms with Crippen LogP contribution in [0.4, 0.5) is 5.69 Å². The van der Waals surface area contributed by atoms with Gasteiger partial charge >= 0.3 is 0 Å². The average Bonchev–Trinajstić information content (AvgIpc) is 2.61. The molecule has 0 saturated heterocycles. The minimum absolute atomic E-state index is 0.121. The number of likely N-dealkylation sites (N-methyl/N-ethyl adjacent to an activating group) is 1. The van der Waals surface area contributed by atoms with Crippen LogP contribution in [0.1, 0.15) is 42.4 Å². The maximum absolute atomic E-state index is 12.9. The van der Waals surface area contributed by atoms with Gasteiger partial charge in [-0.1, -0.05) is 42.1 Å². The minimum Gasteiger partial charge on any atom is -0.370 e. The summed E-state index contributed by atoms with van der Waals surface area (Å²) in [5.41, 5.74) is 4.90. The largest absolute Gasteiger partial charge is 0.370 e. The number of nitrogens with one attached hydrogen (secondary N) is 1. The number of sulfonamides is 1. The normalized spacial score (nSPS) is 20.2. The van der Waals surface area contributed by atoms with Gasteiger partial charge in [0.05, 0.1) is 4.90 Å². The van der Waals surface area contributed by atoms with E-state index in [-0.39, 0.29) is 17.0 Å². The Kier molecular flexibility index (Phi) is 6.37. The molecule has 1 aliphatic carbocycles. The topological polar surface area (TPSA) is 49.4 Å². The molecule has 1 N–H and O–H groups in total. The molecule has 1 aliphatic rings. The van der Waals surface area contributed by atoms with Crippen molar-refractivity contribution in [1.82, 2.24) is 4.72 Å². The molecule has 3 rings (SSSR count). The Morgan fingerprint density at radius 3 is 2.18 bits per heavy atom. The van der Waals surface area contributed by atoms with E-state index in [1.54, 1.807) is 24.3 Å². The second-order valence-electron chi connectivity index (χ2n) is 7.89. The number of aryl methyl sites for hydroxylation is 3. The molecule has 0 heterocycles. The van der Waals surface area contributed by atoms with E-state index in [1.807, 2.05) is 0 Å². The first kappa shape index (κ1) is 21.2. The molecule has 2 unspecified atom stereocenters. The van der Waals surface area contributed by atoms with Crippen LogP contribution in [-0.4, -0.2) is 27.5 Å². The molecule has 1 fully saturated rings. The van der Waals surface area contributed by atoms with E-state index in [2.05, 4.69) is 49.6 Å². The summed E-state index contributed by atoms with van der Waals surface area (Å²) >= 11 is 5.90. The number of anilines is 1. The van der Waals surface area contributed by atoms with Gasteiger partial charge in [-0.2, -0.15) is 0 Å². The number of nitrogens with zero attached hydrogens (tertiary/aromatic N) is 1. The van der Waals surface area contributed by atoms with Crippen molar-refractivity contribution in [3.05, 3.63) is 58.1 Å². The van der Waals surface area contributed by atoms with Crippen molar-refractivity contribution >= 4 is 27.3 Å². The molecule has 2 aromatic carbocycles. The lowest BCUT2D eigenvalue weighted by Gasteiger charge is -2.40. The third kappa shape index (κ3) is 4.53. The molecular formula is C22H29ClN2O2S. The van der Waals surface area contributed by atoms with Gasteiger partial charge in [-0.3, -0.25) is 0 Å². The molecule has 4 nitrogen and oxygen atoms in total. The third-order valence-electron chi connectivity index (χ3n) is 5.65. The van der Waals surface area contributed by atoms with Crippen molar-refractivity contribution in [3.8, 4) is 0 Å². The van der Waals surface area contributed by atoms with Crippen LogP contribution < -0.4 is 9.62 Å². The summed E-state index contributed by atoms with van der Waals surface area (Å²) < 4.78 is 28.8. The monoisotopic (exact) mass is 420 g/mol. The van der Waals surface area contributed by atoms with Crippen molar-refractivity contribution in [3.63, 3.8) is 0 Å². The van der Waals surface area contributed by atoms with Crippen LogP contribution >= 0.6 is 11.6 Å². The Bertz CT molecular complexity index is 919. The number of benzene rings is 2. The first-order valence-electron chi connectivity index (χ1n) is 9.77. The molecule has 2 aromatic rings. The van der Waals surface area contributed by atoms with Gasteiger partial charge in [0.25, 0.3) is 0 Å². The lowest BCUT2D eigenvalue weighted by Crippen LogP contribution is -2.52. The molecule has 0 aliphatic heterocycles. The Hall–Kier alpha value is -1.56. The Morgan fingerprint density at radius 2 is 1.57 bits per heavy atom. The van der Waals surface area contributed by atoms with Gasteiger partial charge in [-0.15, -0.1) is 0 Å². The van der Waals surface area contributed by atoms with Gasteiger partial charge in [0.1, 0.15) is 0 Å². The maximum atomic E-state index is 12.9. The fraction of sp³-hybridized carbons (Fsp3) is 0.455. The fourth-order valence-corrected chi connectivity index (χ4v) is 5.92. The highest BCUT2D eigenvalue weighted by Gasteiger charge is 2.33. The molecule has 2 atom stereocenters. The molecule has 1 saturated carbocycles. The summed E-state index contributed by atoms with van der Waals surface area (Å²) in [5.74, 6) is 0. The lowest BCUT2D eigenvalue weighted by atomic mass is 9.89. The second-order valence-corrected chi connectivity index (χ2v) is 10.0. The van der Waals surface area contributed by atoms with E-state index in [1.165, 1.54) is 22.4 Å². The van der Waals surface area contributed by atoms with Crippen LogP contribution in [0.3, 0.4) is 0 Å². The summed E-state index contributed by atoms with van der Waals surface area (Å²) in [7, 11) is -1.50. The van der Waals surface area contributed by atoms with Crippen molar-refractivity contribution in [2.45, 2.75) is 63.4 Å². The number of halogens is 1. The van der Waals surface area contributed by atoms with Gasteiger partial charge in [-0.05, 0) is 69.0 Å². The van der Waals surface area contributed by atoms with Crippen molar-refractivity contribution < 1.29 is 8.42 Å². The first-order valence-corrected chi connectivity index (χ1v) is 11.6. The van der Waals surface area contributed by atoms with E-state index in [9.17, 15) is 8.42 Å². The van der Waals surface area contributed by atoms with E-state index in [0.29, 0.717) is 5.02 Å². The molecule has 0 amide bonds. The van der Waals surface area contributed by atoms with Gasteiger partial charge < -0.3 is 4.90 Å². The van der Waals surface area contributed by atoms with Gasteiger partial charge in [0, 0.05) is 29.8 Å². The molecule has 6 heteroatoms. The van der Waals surface area contributed by atoms with Crippen LogP contribution in [0.5, 0.6) is 0 Å². The van der Waals surface area contributed by atoms with E-state index < -0.39 is 10.0 Å². The first-order chi connectivity index (χ1) is 13.2. The standard InChI is InChI=1S/C22H29ClN2O2S/c1-15-13-16(2)22(17(3)14-15)25(4)21-8-6-5-7-20(21)24-28(26,27)19-11-9-18(23)10-12-19/h9-14,20-21,24H,5-8H2,1-4H3. The number of hydrogen-bond donors (Lipinski definition) is 1. The minimum atomic E-state index is -3.59. The number of rotatable bonds is 5. The summed E-state index contributed by atoms with van der Waals surface area (Å²) in [4.78, 5) is 2.53. The fourth-order valence-electron chi connectivity index (χ4n) is 4.49. The predicted octanol–water partition coefficient (Wildman–Crippen LogP) is 4.99. The van der Waals surface area contributed by atoms with Crippen LogP contribution in [0.2, 0.25) is 5.02 Å². The predicted molar refractivity (Wildman–Crippen MR) is 117 cm³/mol. The van der Waals surface area contributed by atoms with Gasteiger partial charge in [0.15, 0.2) is 0 Å². The summed E-state index contributed by atoms with van der Waals surface area (Å²) in [5, 5.41) is 0.527. The summed E-state index contributed by atoms with van der Waals surface area (Å²) in [6, 6.07) is 10.7. The van der Waals surface area contributed by atoms with Crippen LogP contribution in [0, 0.1) is 20.8 Å². The summed E-state index contributed by atoms with van der Waals surface area (Å²) in [6.07, 6.45) is 3.95.